The number of carbonyl (C=O) groups is 8. The molecule has 5 atom stereocenters. The van der Waals surface area contributed by atoms with Crippen LogP contribution in [0.25, 0.3) is 28.1 Å². The first-order chi connectivity index (χ1) is 57.1. The van der Waals surface area contributed by atoms with Gasteiger partial charge in [0.1, 0.15) is 23.8 Å². The summed E-state index contributed by atoms with van der Waals surface area (Å²) in [5.74, 6) is -0.355. The summed E-state index contributed by atoms with van der Waals surface area (Å²) in [6.07, 6.45) is 4.73. The SMILES string of the molecule is COc1ccc(C2=CN3C(=O)c4cc(OC)c(OCCCOc5cc6c(cc5OC)C(=O)N5CC7(CC7)C[C@H]5C(O)N6C(=O)OCc5ccc(CC(=O)[C@H](C)NC(=O)[C@@H](CC(=O)CCOCCOCCOCCOCCC(=O)NCCC(=O)N6Cc7ccccc7-c7nnn(C(C)C)c7-c7ccccc76)C(C)C)cc5)cc4CC[C@@H]3C2)cc1. The number of ketones is 2. The Morgan fingerprint density at radius 1 is 0.644 bits per heavy atom. The van der Waals surface area contributed by atoms with Crippen molar-refractivity contribution < 1.29 is 90.8 Å². The Kier molecular flexibility index (Phi) is 28.1. The van der Waals surface area contributed by atoms with Gasteiger partial charge in [-0.2, -0.15) is 0 Å². The molecule has 1 saturated carbocycles. The van der Waals surface area contributed by atoms with Crippen LogP contribution in [0, 0.1) is 17.3 Å². The molecule has 28 heteroatoms. The van der Waals surface area contributed by atoms with Crippen LogP contribution in [-0.4, -0.2) is 202 Å². The van der Waals surface area contributed by atoms with Crippen molar-refractivity contribution in [1.29, 1.82) is 0 Å². The number of hydrogen-bond donors (Lipinski definition) is 3. The summed E-state index contributed by atoms with van der Waals surface area (Å²) in [7, 11) is 4.63. The average molecular weight is 1620 g/mol. The van der Waals surface area contributed by atoms with Gasteiger partial charge in [0.25, 0.3) is 11.8 Å². The van der Waals surface area contributed by atoms with Crippen LogP contribution < -0.4 is 44.1 Å². The van der Waals surface area contributed by atoms with Gasteiger partial charge in [0, 0.05) is 98.6 Å². The molecule has 1 saturated heterocycles. The van der Waals surface area contributed by atoms with E-state index in [1.165, 1.54) is 26.4 Å². The van der Waals surface area contributed by atoms with Crippen molar-refractivity contribution in [3.05, 3.63) is 166 Å². The van der Waals surface area contributed by atoms with E-state index in [0.29, 0.717) is 80.4 Å². The van der Waals surface area contributed by atoms with Crippen molar-refractivity contribution in [2.75, 3.05) is 110 Å². The van der Waals surface area contributed by atoms with E-state index < -0.39 is 36.2 Å². The van der Waals surface area contributed by atoms with Gasteiger partial charge in [-0.15, -0.1) is 5.10 Å². The van der Waals surface area contributed by atoms with E-state index in [1.54, 1.807) is 54.2 Å². The summed E-state index contributed by atoms with van der Waals surface area (Å²) in [6, 6.07) is 35.6. The Morgan fingerprint density at radius 2 is 1.29 bits per heavy atom. The molecule has 6 aromatic carbocycles. The minimum absolute atomic E-state index is 0.00965. The highest BCUT2D eigenvalue weighted by molar-refractivity contribution is 6.06. The van der Waals surface area contributed by atoms with E-state index in [2.05, 4.69) is 20.9 Å². The lowest BCUT2D eigenvalue weighted by Gasteiger charge is -2.31. The minimum Gasteiger partial charge on any atom is -0.497 e. The van der Waals surface area contributed by atoms with Crippen LogP contribution in [0.5, 0.6) is 28.7 Å². The highest BCUT2D eigenvalue weighted by Crippen LogP contribution is 2.57. The molecule has 0 bridgehead atoms. The number of para-hydroxylation sites is 1. The van der Waals surface area contributed by atoms with Crippen molar-refractivity contribution in [3.63, 3.8) is 0 Å². The van der Waals surface area contributed by atoms with E-state index in [9.17, 15) is 43.5 Å². The molecule has 28 nitrogen and oxygen atoms in total. The summed E-state index contributed by atoms with van der Waals surface area (Å²) in [5.41, 5.74) is 10.0. The number of fused-ring (bicyclic) bond motifs is 9. The summed E-state index contributed by atoms with van der Waals surface area (Å²) in [5, 5.41) is 27.0. The monoisotopic (exact) mass is 1620 g/mol. The molecule has 1 aromatic heterocycles. The number of benzene rings is 6. The first-order valence-corrected chi connectivity index (χ1v) is 40.9. The van der Waals surface area contributed by atoms with E-state index in [-0.39, 0.29) is 173 Å². The predicted molar refractivity (Wildman–Crippen MR) is 439 cm³/mol. The molecule has 6 heterocycles. The Hall–Kier alpha value is -11.0. The lowest BCUT2D eigenvalue weighted by Crippen LogP contribution is -2.50. The van der Waals surface area contributed by atoms with E-state index in [1.807, 2.05) is 122 Å². The second kappa shape index (κ2) is 39.0. The number of anilines is 2. The Bertz CT molecular complexity index is 4810. The molecular weight excluding hydrogens is 1510 g/mol. The first-order valence-electron chi connectivity index (χ1n) is 40.9. The molecule has 3 N–H and O–H groups in total. The van der Waals surface area contributed by atoms with Crippen molar-refractivity contribution in [3.8, 4) is 51.3 Å². The maximum atomic E-state index is 14.5. The number of nitrogens with zero attached hydrogens (tertiary/aromatic N) is 7. The van der Waals surface area contributed by atoms with Crippen LogP contribution in [0.3, 0.4) is 0 Å². The van der Waals surface area contributed by atoms with Gasteiger partial charge in [0.15, 0.2) is 35.0 Å². The standard InChI is InChI=1S/C90H107N9O19/c1-56(2)70(47-66(100)29-36-112-38-40-114-42-43-115-41-39-113-37-30-81(102)91-33-28-82(103)96-52-63-14-9-10-15-68(63)83-84(99(57(3)4)94-93-83)69-16-11-12-17-73(69)96)85(104)92-58(5)76(101)44-59-18-20-60(21-19-59)54-118-89(108)98-74-50-80(78(111-8)49-72(74)87(106)97-55-90(31-32-90)51-75(97)88(98)107)117-35-13-34-116-79-46-62-22-25-65-45-64(61-23-26-67(109-6)27-24-61)53-95(65)86(105)71(62)48-77(79)110-7/h9-12,14-21,23-24,26-27,46,48-50,53,56-58,65,70,75,88,107H,13,22,25,28-45,47,51-52,54-55H2,1-8H3,(H,91,102)(H,92,104)/t58-,65+,70-,75-,88?/m0/s1. The van der Waals surface area contributed by atoms with Gasteiger partial charge in [-0.05, 0) is 140 Å². The van der Waals surface area contributed by atoms with Crippen molar-refractivity contribution in [2.45, 2.75) is 155 Å². The molecule has 2 fully saturated rings. The van der Waals surface area contributed by atoms with Crippen LogP contribution in [0.15, 0.2) is 128 Å². The molecule has 1 aliphatic carbocycles. The fourth-order valence-corrected chi connectivity index (χ4v) is 16.0. The van der Waals surface area contributed by atoms with Gasteiger partial charge < -0.3 is 77.8 Å². The van der Waals surface area contributed by atoms with Crippen LogP contribution in [-0.2, 0) is 73.7 Å². The molecular formula is C90H107N9O19. The third kappa shape index (κ3) is 20.0. The second-order valence-electron chi connectivity index (χ2n) is 31.6. The number of methoxy groups -OCH3 is 3. The van der Waals surface area contributed by atoms with Gasteiger partial charge in [-0.1, -0.05) is 97.9 Å². The van der Waals surface area contributed by atoms with Crippen molar-refractivity contribution >= 4 is 64.1 Å². The topological polar surface area (TPSA) is 317 Å². The number of Topliss-reactive ketones (excluding diaryl/α,β-unsaturated/α-hetero) is 2. The summed E-state index contributed by atoms with van der Waals surface area (Å²) in [4.78, 5) is 117. The van der Waals surface area contributed by atoms with E-state index in [4.69, 9.17) is 47.4 Å². The van der Waals surface area contributed by atoms with Crippen LogP contribution in [0.2, 0.25) is 0 Å². The summed E-state index contributed by atoms with van der Waals surface area (Å²) in [6.45, 7) is 12.5. The number of rotatable bonds is 39. The quantitative estimate of drug-likeness (QED) is 0.0301. The van der Waals surface area contributed by atoms with E-state index in [0.717, 1.165) is 86.8 Å². The highest BCUT2D eigenvalue weighted by Gasteiger charge is 2.58. The number of ether oxygens (including phenoxy) is 10. The zero-order valence-electron chi connectivity index (χ0n) is 68.5. The number of aryl methyl sites for hydroxylation is 1. The summed E-state index contributed by atoms with van der Waals surface area (Å²) < 4.78 is 59.8. The van der Waals surface area contributed by atoms with Crippen molar-refractivity contribution in [2.24, 2.45) is 17.3 Å². The summed E-state index contributed by atoms with van der Waals surface area (Å²) >= 11 is 0. The fraction of sp³-hybridized carbons (Fsp3) is 0.467. The second-order valence-corrected chi connectivity index (χ2v) is 31.6. The van der Waals surface area contributed by atoms with Crippen LogP contribution in [0.4, 0.5) is 16.2 Å². The molecule has 626 valence electrons. The Balaban J connectivity index is 0.498. The molecule has 5 aliphatic heterocycles. The Morgan fingerprint density at radius 3 is 1.96 bits per heavy atom. The van der Waals surface area contributed by atoms with Gasteiger partial charge in [-0.3, -0.25) is 33.6 Å². The molecule has 0 radical (unpaired) electrons. The van der Waals surface area contributed by atoms with Crippen molar-refractivity contribution in [1.82, 2.24) is 35.4 Å². The maximum Gasteiger partial charge on any atom is 0.416 e. The molecule has 7 aromatic rings. The molecule has 6 amide bonds. The third-order valence-corrected chi connectivity index (χ3v) is 22.9. The first kappa shape index (κ1) is 84.9. The fourth-order valence-electron chi connectivity index (χ4n) is 16.0. The van der Waals surface area contributed by atoms with Gasteiger partial charge in [0.05, 0.1) is 129 Å². The molecule has 118 heavy (non-hydrogen) atoms. The van der Waals surface area contributed by atoms with Crippen LogP contribution in [0.1, 0.15) is 153 Å². The zero-order chi connectivity index (χ0) is 83.2. The lowest BCUT2D eigenvalue weighted by atomic mass is 9.88. The van der Waals surface area contributed by atoms with Crippen LogP contribution >= 0.6 is 0 Å². The molecule has 13 rings (SSSR count). The average Bonchev–Trinajstić information content (AvgIpc) is 1.56. The highest BCUT2D eigenvalue weighted by atomic mass is 16.6. The number of hydrogen-bond acceptors (Lipinski definition) is 21. The molecule has 1 spiro atoms. The number of aliphatic hydroxyl groups is 1. The van der Waals surface area contributed by atoms with E-state index >= 15 is 0 Å². The number of aliphatic hydroxyl groups excluding tert-OH is 1. The van der Waals surface area contributed by atoms with Gasteiger partial charge in [0.2, 0.25) is 17.7 Å². The Labute approximate surface area is 687 Å². The molecule has 6 aliphatic rings. The smallest absolute Gasteiger partial charge is 0.416 e. The largest absolute Gasteiger partial charge is 0.497 e. The minimum atomic E-state index is -1.47. The zero-order valence-corrected chi connectivity index (χ0v) is 68.5. The third-order valence-electron chi connectivity index (χ3n) is 22.9. The number of amides is 6. The lowest BCUT2D eigenvalue weighted by molar-refractivity contribution is -0.133. The number of carbonyl (C=O) groups excluding carboxylic acids is 8. The van der Waals surface area contributed by atoms with Gasteiger partial charge >= 0.3 is 6.09 Å². The number of nitrogens with one attached hydrogen (secondary N) is 2. The molecule has 1 unspecified atom stereocenters. The maximum absolute atomic E-state index is 14.5. The van der Waals surface area contributed by atoms with Gasteiger partial charge in [-0.25, -0.2) is 14.4 Å². The normalized spacial score (nSPS) is 17.3. The predicted octanol–water partition coefficient (Wildman–Crippen LogP) is 11.5. The number of aromatic nitrogens is 3.